The van der Waals surface area contributed by atoms with Gasteiger partial charge in [-0.1, -0.05) is 12.1 Å². The molecule has 1 amide bonds. The Labute approximate surface area is 221 Å². The lowest BCUT2D eigenvalue weighted by Gasteiger charge is -2.33. The van der Waals surface area contributed by atoms with E-state index in [2.05, 4.69) is 34.4 Å². The first kappa shape index (κ1) is 25.7. The number of aromatic nitrogens is 3. The van der Waals surface area contributed by atoms with E-state index < -0.39 is 0 Å². The Bertz CT molecular complexity index is 1490. The van der Waals surface area contributed by atoms with Crippen molar-refractivity contribution in [3.63, 3.8) is 0 Å². The van der Waals surface area contributed by atoms with Crippen molar-refractivity contribution in [3.8, 4) is 22.9 Å². The van der Waals surface area contributed by atoms with Crippen molar-refractivity contribution in [1.82, 2.24) is 24.8 Å². The van der Waals surface area contributed by atoms with Gasteiger partial charge in [0.1, 0.15) is 11.6 Å². The number of aryl methyl sites for hydroxylation is 1. The first-order valence-corrected chi connectivity index (χ1v) is 12.8. The molecule has 0 atom stereocenters. The Morgan fingerprint density at radius 3 is 2.66 bits per heavy atom. The van der Waals surface area contributed by atoms with Gasteiger partial charge in [0.2, 0.25) is 5.88 Å². The minimum Gasteiger partial charge on any atom is -0.437 e. The van der Waals surface area contributed by atoms with Gasteiger partial charge >= 0.3 is 0 Å². The minimum atomic E-state index is -0.390. The van der Waals surface area contributed by atoms with Gasteiger partial charge in [-0.05, 0) is 77.5 Å². The Morgan fingerprint density at radius 2 is 1.97 bits per heavy atom. The van der Waals surface area contributed by atoms with Crippen LogP contribution in [0, 0.1) is 12.7 Å². The lowest BCUT2D eigenvalue weighted by Crippen LogP contribution is -2.44. The van der Waals surface area contributed by atoms with Crippen molar-refractivity contribution in [3.05, 3.63) is 71.7 Å². The predicted octanol–water partition coefficient (Wildman–Crippen LogP) is 5.28. The van der Waals surface area contributed by atoms with Crippen molar-refractivity contribution in [2.24, 2.45) is 0 Å². The van der Waals surface area contributed by atoms with Gasteiger partial charge in [-0.15, -0.1) is 5.10 Å². The standard InChI is InChI=1S/C29H33FN6O2/c1-18-13-19(9-12-23(18)28(37)33-21-10-11-21)25-16-31-27-24(32-17-29(2,3)35(4)5)15-26(34-36(25)27)38-22-8-6-7-20(30)14-22/h6-9,12-16,21,32H,10-11,17H2,1-5H3,(H,33,37). The van der Waals surface area contributed by atoms with Crippen molar-refractivity contribution in [2.45, 2.75) is 45.2 Å². The fourth-order valence-electron chi connectivity index (χ4n) is 4.01. The molecule has 5 rings (SSSR count). The number of fused-ring (bicyclic) bond motifs is 1. The summed E-state index contributed by atoms with van der Waals surface area (Å²) >= 11 is 0. The van der Waals surface area contributed by atoms with E-state index in [4.69, 9.17) is 9.84 Å². The third-order valence-electron chi connectivity index (χ3n) is 7.07. The van der Waals surface area contributed by atoms with E-state index in [1.807, 2.05) is 39.2 Å². The second-order valence-corrected chi connectivity index (χ2v) is 10.7. The highest BCUT2D eigenvalue weighted by atomic mass is 19.1. The molecule has 9 heteroatoms. The molecule has 2 aromatic heterocycles. The number of rotatable bonds is 9. The van der Waals surface area contributed by atoms with Crippen LogP contribution >= 0.6 is 0 Å². The minimum absolute atomic E-state index is 0.0476. The molecule has 1 fully saturated rings. The predicted molar refractivity (Wildman–Crippen MR) is 146 cm³/mol. The number of benzene rings is 2. The summed E-state index contributed by atoms with van der Waals surface area (Å²) in [4.78, 5) is 19.4. The van der Waals surface area contributed by atoms with Crippen LogP contribution in [0.4, 0.5) is 10.1 Å². The normalized spacial score (nSPS) is 13.7. The lowest BCUT2D eigenvalue weighted by atomic mass is 10.0. The highest BCUT2D eigenvalue weighted by Crippen LogP contribution is 2.30. The van der Waals surface area contributed by atoms with Crippen LogP contribution < -0.4 is 15.4 Å². The van der Waals surface area contributed by atoms with E-state index in [0.29, 0.717) is 35.4 Å². The van der Waals surface area contributed by atoms with Crippen LogP contribution in [-0.2, 0) is 0 Å². The molecular formula is C29H33FN6O2. The molecule has 2 N–H and O–H groups in total. The number of nitrogens with zero attached hydrogens (tertiary/aromatic N) is 4. The first-order valence-electron chi connectivity index (χ1n) is 12.8. The van der Waals surface area contributed by atoms with Crippen LogP contribution in [0.15, 0.2) is 54.7 Å². The van der Waals surface area contributed by atoms with E-state index in [1.54, 1.807) is 28.9 Å². The number of hydrogen-bond donors (Lipinski definition) is 2. The molecule has 0 spiro atoms. The highest BCUT2D eigenvalue weighted by molar-refractivity contribution is 5.96. The first-order chi connectivity index (χ1) is 18.1. The van der Waals surface area contributed by atoms with Gasteiger partial charge in [-0.2, -0.15) is 0 Å². The molecule has 1 aliphatic rings. The van der Waals surface area contributed by atoms with Gasteiger partial charge < -0.3 is 20.3 Å². The van der Waals surface area contributed by atoms with Crippen LogP contribution in [0.3, 0.4) is 0 Å². The maximum absolute atomic E-state index is 13.8. The molecule has 8 nitrogen and oxygen atoms in total. The van der Waals surface area contributed by atoms with Crippen molar-refractivity contribution >= 4 is 17.2 Å². The zero-order valence-corrected chi connectivity index (χ0v) is 22.4. The number of carbonyl (C=O) groups is 1. The number of likely N-dealkylation sites (N-methyl/N-ethyl adjacent to an activating group) is 1. The summed E-state index contributed by atoms with van der Waals surface area (Å²) in [6, 6.07) is 13.7. The third kappa shape index (κ3) is 5.47. The Hall–Kier alpha value is -3.98. The van der Waals surface area contributed by atoms with E-state index in [0.717, 1.165) is 35.3 Å². The average Bonchev–Trinajstić information content (AvgIpc) is 3.57. The number of anilines is 1. The van der Waals surface area contributed by atoms with Gasteiger partial charge in [0.25, 0.3) is 5.91 Å². The fourth-order valence-corrected chi connectivity index (χ4v) is 4.01. The summed E-state index contributed by atoms with van der Waals surface area (Å²) in [5, 5.41) is 11.2. The van der Waals surface area contributed by atoms with E-state index in [9.17, 15) is 9.18 Å². The largest absolute Gasteiger partial charge is 0.437 e. The zero-order valence-electron chi connectivity index (χ0n) is 22.4. The summed E-state index contributed by atoms with van der Waals surface area (Å²) in [6.07, 6.45) is 3.84. The van der Waals surface area contributed by atoms with Crippen molar-refractivity contribution < 1.29 is 13.9 Å². The van der Waals surface area contributed by atoms with Gasteiger partial charge in [0.05, 0.1) is 17.6 Å². The molecule has 38 heavy (non-hydrogen) atoms. The van der Waals surface area contributed by atoms with Crippen LogP contribution in [0.2, 0.25) is 0 Å². The Kier molecular flexibility index (Phi) is 6.79. The molecule has 2 heterocycles. The van der Waals surface area contributed by atoms with Gasteiger partial charge in [0.15, 0.2) is 5.65 Å². The number of amides is 1. The fraction of sp³-hybridized carbons (Fsp3) is 0.345. The van der Waals surface area contributed by atoms with E-state index >= 15 is 0 Å². The Morgan fingerprint density at radius 1 is 1.18 bits per heavy atom. The number of hydrogen-bond acceptors (Lipinski definition) is 6. The second kappa shape index (κ2) is 10.1. The van der Waals surface area contributed by atoms with Crippen molar-refractivity contribution in [1.29, 1.82) is 0 Å². The van der Waals surface area contributed by atoms with Crippen LogP contribution in [0.1, 0.15) is 42.6 Å². The molecule has 0 saturated heterocycles. The number of halogens is 1. The van der Waals surface area contributed by atoms with E-state index in [1.165, 1.54) is 12.1 Å². The average molecular weight is 517 g/mol. The van der Waals surface area contributed by atoms with Crippen LogP contribution in [0.5, 0.6) is 11.6 Å². The van der Waals surface area contributed by atoms with Crippen LogP contribution in [0.25, 0.3) is 16.9 Å². The maximum atomic E-state index is 13.8. The molecule has 1 saturated carbocycles. The number of imidazole rings is 1. The molecule has 0 bridgehead atoms. The van der Waals surface area contributed by atoms with E-state index in [-0.39, 0.29) is 17.3 Å². The highest BCUT2D eigenvalue weighted by Gasteiger charge is 2.25. The maximum Gasteiger partial charge on any atom is 0.251 e. The summed E-state index contributed by atoms with van der Waals surface area (Å²) in [5.41, 5.74) is 4.39. The van der Waals surface area contributed by atoms with Gasteiger partial charge in [0, 0.05) is 41.4 Å². The van der Waals surface area contributed by atoms with Crippen LogP contribution in [-0.4, -0.2) is 57.6 Å². The topological polar surface area (TPSA) is 83.8 Å². The van der Waals surface area contributed by atoms with Gasteiger partial charge in [-0.25, -0.2) is 13.9 Å². The summed E-state index contributed by atoms with van der Waals surface area (Å²) < 4.78 is 21.5. The smallest absolute Gasteiger partial charge is 0.251 e. The molecule has 4 aromatic rings. The molecule has 0 radical (unpaired) electrons. The van der Waals surface area contributed by atoms with Gasteiger partial charge in [-0.3, -0.25) is 4.79 Å². The summed E-state index contributed by atoms with van der Waals surface area (Å²) in [5.74, 6) is 0.206. The molecule has 0 aliphatic heterocycles. The Balaban J connectivity index is 1.53. The van der Waals surface area contributed by atoms with Crippen molar-refractivity contribution in [2.75, 3.05) is 26.0 Å². The number of carbonyl (C=O) groups excluding carboxylic acids is 1. The molecular weight excluding hydrogens is 483 g/mol. The molecule has 0 unspecified atom stereocenters. The molecule has 1 aliphatic carbocycles. The lowest BCUT2D eigenvalue weighted by molar-refractivity contribution is 0.0950. The molecule has 2 aromatic carbocycles. The zero-order chi connectivity index (χ0) is 27.0. The summed E-state index contributed by atoms with van der Waals surface area (Å²) in [6.45, 7) is 6.86. The monoisotopic (exact) mass is 516 g/mol. The number of ether oxygens (including phenoxy) is 1. The molecule has 198 valence electrons. The number of nitrogens with one attached hydrogen (secondary N) is 2. The summed E-state index contributed by atoms with van der Waals surface area (Å²) in [7, 11) is 4.07. The quantitative estimate of drug-likeness (QED) is 0.315. The second-order valence-electron chi connectivity index (χ2n) is 10.7. The SMILES string of the molecule is Cc1cc(-c2cnc3c(NCC(C)(C)N(C)C)cc(Oc4cccc(F)c4)nn23)ccc1C(=O)NC1CC1. The third-order valence-corrected chi connectivity index (χ3v) is 7.07.